The highest BCUT2D eigenvalue weighted by atomic mass is 35.5. The largest absolute Gasteiger partial charge is 0.497 e. The second-order valence-electron chi connectivity index (χ2n) is 8.34. The van der Waals surface area contributed by atoms with Gasteiger partial charge in [0, 0.05) is 23.1 Å². The number of ether oxygens (including phenoxy) is 1. The normalized spacial score (nSPS) is 12.0. The zero-order valence-electron chi connectivity index (χ0n) is 19.5. The number of fused-ring (bicyclic) bond motifs is 1. The van der Waals surface area contributed by atoms with E-state index in [4.69, 9.17) is 22.1 Å². The first-order valence-electron chi connectivity index (χ1n) is 11.2. The average Bonchev–Trinajstić information content (AvgIpc) is 3.45. The molecule has 0 aliphatic carbocycles. The lowest BCUT2D eigenvalue weighted by Crippen LogP contribution is -2.32. The smallest absolute Gasteiger partial charge is 0.257 e. The van der Waals surface area contributed by atoms with Crippen molar-refractivity contribution in [1.82, 2.24) is 25.5 Å². The van der Waals surface area contributed by atoms with E-state index < -0.39 is 29.1 Å². The number of nitrogens with zero attached hydrogens (tertiary/aromatic N) is 2. The van der Waals surface area contributed by atoms with Crippen molar-refractivity contribution >= 4 is 34.2 Å². The van der Waals surface area contributed by atoms with Gasteiger partial charge in [-0.25, -0.2) is 13.8 Å². The molecule has 5 N–H and O–H groups in total. The molecule has 8 nitrogen and oxygen atoms in total. The molecule has 2 heterocycles. The molecule has 0 unspecified atom stereocenters. The maximum atomic E-state index is 14.6. The monoisotopic (exact) mass is 522 g/mol. The lowest BCUT2D eigenvalue weighted by Gasteiger charge is -2.18. The van der Waals surface area contributed by atoms with E-state index in [0.29, 0.717) is 28.4 Å². The van der Waals surface area contributed by atoms with Crippen LogP contribution in [0.4, 0.5) is 14.6 Å². The van der Waals surface area contributed by atoms with E-state index >= 15 is 0 Å². The Kier molecular flexibility index (Phi) is 6.49. The number of methoxy groups -OCH3 is 1. The molecule has 1 atom stereocenters. The fourth-order valence-electron chi connectivity index (χ4n) is 4.09. The molecule has 0 saturated heterocycles. The quantitative estimate of drug-likeness (QED) is 0.234. The Balaban J connectivity index is 1.51. The van der Waals surface area contributed by atoms with E-state index in [1.165, 1.54) is 7.11 Å². The fraction of sp³-hybridized carbons (Fsp3) is 0.115. The Morgan fingerprint density at radius 2 is 1.86 bits per heavy atom. The molecule has 0 saturated carbocycles. The second kappa shape index (κ2) is 9.90. The number of rotatable bonds is 7. The van der Waals surface area contributed by atoms with Gasteiger partial charge in [0.15, 0.2) is 5.82 Å². The molecule has 0 spiro atoms. The van der Waals surface area contributed by atoms with Gasteiger partial charge >= 0.3 is 0 Å². The van der Waals surface area contributed by atoms with Crippen molar-refractivity contribution < 1.29 is 18.3 Å². The van der Waals surface area contributed by atoms with Crippen LogP contribution in [0.5, 0.6) is 5.75 Å². The van der Waals surface area contributed by atoms with Crippen molar-refractivity contribution in [2.45, 2.75) is 12.5 Å². The van der Waals surface area contributed by atoms with Crippen LogP contribution in [-0.4, -0.2) is 33.2 Å². The van der Waals surface area contributed by atoms with Gasteiger partial charge in [0.25, 0.3) is 5.91 Å². The summed E-state index contributed by atoms with van der Waals surface area (Å²) in [5.41, 5.74) is 7.81. The summed E-state index contributed by atoms with van der Waals surface area (Å²) in [7, 11) is 1.28. The topological polar surface area (TPSA) is 122 Å². The molecule has 1 amide bonds. The maximum Gasteiger partial charge on any atom is 0.257 e. The number of aromatic amines is 2. The summed E-state index contributed by atoms with van der Waals surface area (Å²) in [6, 6.07) is 15.8. The number of aromatic nitrogens is 4. The lowest BCUT2D eigenvalue weighted by atomic mass is 10.0. The van der Waals surface area contributed by atoms with Crippen molar-refractivity contribution in [1.29, 1.82) is 0 Å². The van der Waals surface area contributed by atoms with Crippen LogP contribution in [0.15, 0.2) is 60.7 Å². The summed E-state index contributed by atoms with van der Waals surface area (Å²) in [6.07, 6.45) is 0.283. The number of benzene rings is 3. The number of hydrogen-bond donors (Lipinski definition) is 4. The first-order valence-corrected chi connectivity index (χ1v) is 11.6. The molecular weight excluding hydrogens is 502 g/mol. The number of carbonyl (C=O) groups is 1. The van der Waals surface area contributed by atoms with Crippen LogP contribution in [0.25, 0.3) is 22.2 Å². The third kappa shape index (κ3) is 4.83. The van der Waals surface area contributed by atoms with E-state index in [9.17, 15) is 13.6 Å². The Bertz CT molecular complexity index is 1580. The molecule has 37 heavy (non-hydrogen) atoms. The number of H-pyrrole nitrogens is 2. The summed E-state index contributed by atoms with van der Waals surface area (Å²) >= 11 is 6.51. The number of amides is 1. The number of nitrogens with one attached hydrogen (secondary N) is 3. The number of anilines is 1. The van der Waals surface area contributed by atoms with E-state index in [1.54, 1.807) is 18.2 Å². The van der Waals surface area contributed by atoms with Gasteiger partial charge in [-0.1, -0.05) is 48.0 Å². The van der Waals surface area contributed by atoms with Gasteiger partial charge in [-0.2, -0.15) is 5.10 Å². The highest BCUT2D eigenvalue weighted by Crippen LogP contribution is 2.31. The van der Waals surface area contributed by atoms with Gasteiger partial charge < -0.3 is 20.8 Å². The minimum absolute atomic E-state index is 0.0363. The minimum atomic E-state index is -1.04. The Hall–Kier alpha value is -4.44. The van der Waals surface area contributed by atoms with Gasteiger partial charge in [-0.15, -0.1) is 0 Å². The van der Waals surface area contributed by atoms with Crippen LogP contribution in [0.2, 0.25) is 5.15 Å². The first-order chi connectivity index (χ1) is 17.8. The molecule has 11 heteroatoms. The molecular formula is C26H21ClF2N6O2. The van der Waals surface area contributed by atoms with Crippen molar-refractivity contribution in [2.75, 3.05) is 12.8 Å². The highest BCUT2D eigenvalue weighted by molar-refractivity contribution is 6.32. The molecule has 0 aliphatic heterocycles. The number of halogens is 3. The SMILES string of the molecule is COc1cc(F)c(C(=O)N[C@@H](Cc2ccccc2)c2nc(-c3ccc4c(N)n[nH]c4c3)c(Cl)[nH]2)c(F)c1. The van der Waals surface area contributed by atoms with Crippen LogP contribution >= 0.6 is 11.6 Å². The van der Waals surface area contributed by atoms with E-state index in [0.717, 1.165) is 23.1 Å². The third-order valence-corrected chi connectivity index (χ3v) is 6.21. The van der Waals surface area contributed by atoms with E-state index in [2.05, 4.69) is 25.5 Å². The van der Waals surface area contributed by atoms with Gasteiger partial charge in [-0.05, 0) is 24.1 Å². The summed E-state index contributed by atoms with van der Waals surface area (Å²) in [5.74, 6) is -2.38. The molecule has 0 fully saturated rings. The summed E-state index contributed by atoms with van der Waals surface area (Å²) in [4.78, 5) is 20.7. The van der Waals surface area contributed by atoms with Crippen LogP contribution < -0.4 is 15.8 Å². The fourth-order valence-corrected chi connectivity index (χ4v) is 4.34. The highest BCUT2D eigenvalue weighted by Gasteiger charge is 2.26. The van der Waals surface area contributed by atoms with Crippen molar-refractivity contribution in [3.8, 4) is 17.0 Å². The van der Waals surface area contributed by atoms with Gasteiger partial charge in [-0.3, -0.25) is 9.89 Å². The molecule has 5 aromatic rings. The predicted molar refractivity (Wildman–Crippen MR) is 136 cm³/mol. The molecule has 3 aromatic carbocycles. The summed E-state index contributed by atoms with van der Waals surface area (Å²) in [5, 5.41) is 10.5. The van der Waals surface area contributed by atoms with E-state index in [1.807, 2.05) is 30.3 Å². The second-order valence-corrected chi connectivity index (χ2v) is 8.71. The molecule has 0 radical (unpaired) electrons. The Labute approximate surface area is 214 Å². The molecule has 2 aromatic heterocycles. The maximum absolute atomic E-state index is 14.6. The van der Waals surface area contributed by atoms with Crippen LogP contribution in [0.3, 0.4) is 0 Å². The molecule has 0 aliphatic rings. The zero-order chi connectivity index (χ0) is 26.1. The number of nitrogens with two attached hydrogens (primary N) is 1. The number of carbonyl (C=O) groups excluding carboxylic acids is 1. The summed E-state index contributed by atoms with van der Waals surface area (Å²) in [6.45, 7) is 0. The predicted octanol–water partition coefficient (Wildman–Crippen LogP) is 5.19. The van der Waals surface area contributed by atoms with Crippen LogP contribution in [0.1, 0.15) is 27.8 Å². The van der Waals surface area contributed by atoms with Gasteiger partial charge in [0.1, 0.15) is 39.6 Å². The van der Waals surface area contributed by atoms with Crippen molar-refractivity contribution in [2.24, 2.45) is 0 Å². The first kappa shape index (κ1) is 24.3. The minimum Gasteiger partial charge on any atom is -0.497 e. The molecule has 0 bridgehead atoms. The number of imidazole rings is 1. The molecule has 188 valence electrons. The third-order valence-electron chi connectivity index (χ3n) is 5.94. The number of nitrogen functional groups attached to an aromatic ring is 1. The van der Waals surface area contributed by atoms with Crippen molar-refractivity contribution in [3.05, 3.63) is 94.4 Å². The Morgan fingerprint density at radius 3 is 2.57 bits per heavy atom. The van der Waals surface area contributed by atoms with Crippen molar-refractivity contribution in [3.63, 3.8) is 0 Å². The zero-order valence-corrected chi connectivity index (χ0v) is 20.2. The summed E-state index contributed by atoms with van der Waals surface area (Å²) < 4.78 is 34.1. The standard InChI is InChI=1S/C26H21ClF2N6O2/c1-37-15-11-17(28)21(18(29)12-15)26(36)31-20(9-13-5-3-2-4-6-13)25-32-22(23(27)33-25)14-7-8-16-19(10-14)34-35-24(16)30/h2-8,10-12,20H,9H2,1H3,(H,31,36)(H,32,33)(H3,30,34,35)/t20-/m0/s1. The van der Waals surface area contributed by atoms with Gasteiger partial charge in [0.05, 0.1) is 18.7 Å². The Morgan fingerprint density at radius 1 is 1.14 bits per heavy atom. The van der Waals surface area contributed by atoms with Gasteiger partial charge in [0.2, 0.25) is 0 Å². The van der Waals surface area contributed by atoms with Crippen LogP contribution in [0, 0.1) is 11.6 Å². The lowest BCUT2D eigenvalue weighted by molar-refractivity contribution is 0.0926. The molecule has 5 rings (SSSR count). The van der Waals surface area contributed by atoms with Crippen LogP contribution in [-0.2, 0) is 6.42 Å². The average molecular weight is 523 g/mol. The number of hydrogen-bond acceptors (Lipinski definition) is 5. The van der Waals surface area contributed by atoms with E-state index in [-0.39, 0.29) is 17.3 Å².